The molecule has 0 radical (unpaired) electrons. The molecule has 1 N–H and O–H groups in total. The Bertz CT molecular complexity index is 936. The number of terminal acetylenes is 1. The number of nitrogens with zero attached hydrogens (tertiary/aromatic N) is 1. The molecular formula is C16H11FN2OS2. The lowest BCUT2D eigenvalue weighted by molar-refractivity contribution is 0.628. The van der Waals surface area contributed by atoms with Crippen molar-refractivity contribution in [3.8, 4) is 23.5 Å². The highest BCUT2D eigenvalue weighted by molar-refractivity contribution is 7.99. The number of aryl methyl sites for hydroxylation is 1. The van der Waals surface area contributed by atoms with E-state index in [2.05, 4.69) is 15.9 Å². The quantitative estimate of drug-likeness (QED) is 0.451. The van der Waals surface area contributed by atoms with Crippen molar-refractivity contribution in [2.24, 2.45) is 0 Å². The van der Waals surface area contributed by atoms with Crippen molar-refractivity contribution in [2.45, 2.75) is 12.1 Å². The summed E-state index contributed by atoms with van der Waals surface area (Å²) in [4.78, 5) is 21.3. The number of hydrogen-bond donors (Lipinski definition) is 1. The van der Waals surface area contributed by atoms with E-state index in [1.54, 1.807) is 12.1 Å². The van der Waals surface area contributed by atoms with Gasteiger partial charge in [-0.05, 0) is 24.6 Å². The topological polar surface area (TPSA) is 45.8 Å². The Labute approximate surface area is 134 Å². The zero-order valence-electron chi connectivity index (χ0n) is 11.6. The summed E-state index contributed by atoms with van der Waals surface area (Å²) in [7, 11) is 0. The fourth-order valence-corrected chi connectivity index (χ4v) is 3.89. The highest BCUT2D eigenvalue weighted by Crippen LogP contribution is 2.36. The number of H-pyrrole nitrogens is 1. The Kier molecular flexibility index (Phi) is 4.01. The second-order valence-corrected chi connectivity index (χ2v) is 6.75. The molecule has 0 amide bonds. The Hall–Kier alpha value is -2.10. The number of aromatic nitrogens is 2. The maximum Gasteiger partial charge on any atom is 0.260 e. The summed E-state index contributed by atoms with van der Waals surface area (Å²) in [5, 5.41) is 1.06. The molecule has 6 heteroatoms. The van der Waals surface area contributed by atoms with Gasteiger partial charge in [0.05, 0.1) is 11.1 Å². The smallest absolute Gasteiger partial charge is 0.260 e. The van der Waals surface area contributed by atoms with E-state index in [-0.39, 0.29) is 11.4 Å². The minimum absolute atomic E-state index is 0.201. The van der Waals surface area contributed by atoms with Crippen LogP contribution in [0.4, 0.5) is 4.39 Å². The van der Waals surface area contributed by atoms with Crippen LogP contribution in [0, 0.1) is 25.1 Å². The molecule has 0 aliphatic rings. The minimum atomic E-state index is -0.305. The van der Waals surface area contributed by atoms with Crippen LogP contribution in [0.25, 0.3) is 21.3 Å². The SMILES string of the molecule is C#CCSc1nc2sc(C)c(-c3ccc(F)cc3)c2c(=O)[nH]1. The third-order valence-corrected chi connectivity index (χ3v) is 4.92. The normalized spacial score (nSPS) is 10.8. The van der Waals surface area contributed by atoms with Gasteiger partial charge in [-0.25, -0.2) is 9.37 Å². The van der Waals surface area contributed by atoms with E-state index in [9.17, 15) is 9.18 Å². The molecule has 22 heavy (non-hydrogen) atoms. The Balaban J connectivity index is 2.20. The molecule has 0 unspecified atom stereocenters. The molecule has 0 aliphatic heterocycles. The van der Waals surface area contributed by atoms with Crippen LogP contribution in [0.1, 0.15) is 4.88 Å². The molecule has 3 rings (SSSR count). The summed E-state index contributed by atoms with van der Waals surface area (Å²) in [6, 6.07) is 6.11. The molecule has 3 aromatic rings. The fraction of sp³-hybridized carbons (Fsp3) is 0.125. The molecule has 0 atom stereocenters. The maximum atomic E-state index is 13.1. The highest BCUT2D eigenvalue weighted by Gasteiger charge is 2.16. The van der Waals surface area contributed by atoms with Crippen molar-refractivity contribution in [1.82, 2.24) is 9.97 Å². The third kappa shape index (κ3) is 2.65. The second-order valence-electron chi connectivity index (χ2n) is 4.58. The first-order valence-corrected chi connectivity index (χ1v) is 8.26. The third-order valence-electron chi connectivity index (χ3n) is 3.14. The second kappa shape index (κ2) is 5.95. The number of benzene rings is 1. The average molecular weight is 330 g/mol. The van der Waals surface area contributed by atoms with Gasteiger partial charge in [-0.2, -0.15) is 0 Å². The summed E-state index contributed by atoms with van der Waals surface area (Å²) in [5.74, 6) is 2.64. The lowest BCUT2D eigenvalue weighted by Gasteiger charge is -2.02. The Morgan fingerprint density at radius 3 is 2.82 bits per heavy atom. The van der Waals surface area contributed by atoms with Gasteiger partial charge in [0, 0.05) is 10.4 Å². The van der Waals surface area contributed by atoms with Crippen LogP contribution in [0.3, 0.4) is 0 Å². The monoisotopic (exact) mass is 330 g/mol. The molecule has 0 saturated carbocycles. The molecule has 2 aromatic heterocycles. The molecule has 0 bridgehead atoms. The van der Waals surface area contributed by atoms with Gasteiger partial charge in [-0.3, -0.25) is 4.79 Å². The summed E-state index contributed by atoms with van der Waals surface area (Å²) >= 11 is 2.77. The van der Waals surface area contributed by atoms with Crippen LogP contribution in [-0.4, -0.2) is 15.7 Å². The average Bonchev–Trinajstić information content (AvgIpc) is 2.82. The lowest BCUT2D eigenvalue weighted by atomic mass is 10.0. The van der Waals surface area contributed by atoms with E-state index in [1.807, 2.05) is 6.92 Å². The summed E-state index contributed by atoms with van der Waals surface area (Å²) in [5.41, 5.74) is 1.41. The van der Waals surface area contributed by atoms with E-state index >= 15 is 0 Å². The molecular weight excluding hydrogens is 319 g/mol. The van der Waals surface area contributed by atoms with Crippen molar-refractivity contribution in [3.63, 3.8) is 0 Å². The number of hydrogen-bond acceptors (Lipinski definition) is 4. The number of nitrogens with one attached hydrogen (secondary N) is 1. The summed E-state index contributed by atoms with van der Waals surface area (Å²) in [6.07, 6.45) is 5.22. The van der Waals surface area contributed by atoms with Gasteiger partial charge in [0.25, 0.3) is 5.56 Å². The van der Waals surface area contributed by atoms with Crippen molar-refractivity contribution in [1.29, 1.82) is 0 Å². The highest BCUT2D eigenvalue weighted by atomic mass is 32.2. The number of aromatic amines is 1. The first-order chi connectivity index (χ1) is 10.6. The largest absolute Gasteiger partial charge is 0.301 e. The maximum absolute atomic E-state index is 13.1. The molecule has 0 aliphatic carbocycles. The number of thiophene rings is 1. The van der Waals surface area contributed by atoms with Gasteiger partial charge < -0.3 is 4.98 Å². The molecule has 3 nitrogen and oxygen atoms in total. The van der Waals surface area contributed by atoms with Gasteiger partial charge >= 0.3 is 0 Å². The van der Waals surface area contributed by atoms with E-state index in [1.165, 1.54) is 35.2 Å². The van der Waals surface area contributed by atoms with E-state index < -0.39 is 0 Å². The van der Waals surface area contributed by atoms with E-state index in [0.717, 1.165) is 16.0 Å². The number of fused-ring (bicyclic) bond motifs is 1. The first-order valence-electron chi connectivity index (χ1n) is 6.45. The number of thioether (sulfide) groups is 1. The van der Waals surface area contributed by atoms with Crippen molar-refractivity contribution >= 4 is 33.3 Å². The van der Waals surface area contributed by atoms with Crippen LogP contribution >= 0.6 is 23.1 Å². The van der Waals surface area contributed by atoms with E-state index in [4.69, 9.17) is 6.42 Å². The molecule has 2 heterocycles. The standard InChI is InChI=1S/C16H11FN2OS2/c1-3-8-21-16-18-14(20)13-12(9(2)22-15(13)19-16)10-4-6-11(17)7-5-10/h1,4-7H,8H2,2H3,(H,18,19,20). The first kappa shape index (κ1) is 14.8. The molecule has 0 saturated heterocycles. The number of halogens is 1. The van der Waals surface area contributed by atoms with Gasteiger partial charge in [-0.1, -0.05) is 29.8 Å². The fourth-order valence-electron chi connectivity index (χ4n) is 2.24. The lowest BCUT2D eigenvalue weighted by Crippen LogP contribution is -2.08. The predicted octanol–water partition coefficient (Wildman–Crippen LogP) is 3.82. The van der Waals surface area contributed by atoms with Gasteiger partial charge in [-0.15, -0.1) is 17.8 Å². The van der Waals surface area contributed by atoms with Crippen molar-refractivity contribution in [2.75, 3.05) is 5.75 Å². The van der Waals surface area contributed by atoms with Crippen molar-refractivity contribution < 1.29 is 4.39 Å². The van der Waals surface area contributed by atoms with Gasteiger partial charge in [0.1, 0.15) is 10.6 Å². The zero-order valence-corrected chi connectivity index (χ0v) is 13.3. The minimum Gasteiger partial charge on any atom is -0.301 e. The van der Waals surface area contributed by atoms with Gasteiger partial charge in [0.15, 0.2) is 5.16 Å². The van der Waals surface area contributed by atoms with Crippen LogP contribution in [0.15, 0.2) is 34.2 Å². The Morgan fingerprint density at radius 1 is 1.41 bits per heavy atom. The van der Waals surface area contributed by atoms with E-state index in [0.29, 0.717) is 21.1 Å². The molecule has 1 aromatic carbocycles. The Morgan fingerprint density at radius 2 is 2.14 bits per heavy atom. The molecule has 0 fully saturated rings. The van der Waals surface area contributed by atoms with Crippen molar-refractivity contribution in [3.05, 3.63) is 45.3 Å². The molecule has 0 spiro atoms. The van der Waals surface area contributed by atoms with Crippen LogP contribution < -0.4 is 5.56 Å². The number of rotatable bonds is 3. The molecule has 110 valence electrons. The van der Waals surface area contributed by atoms with Crippen LogP contribution in [0.5, 0.6) is 0 Å². The summed E-state index contributed by atoms with van der Waals surface area (Å²) in [6.45, 7) is 1.93. The predicted molar refractivity (Wildman–Crippen MR) is 89.9 cm³/mol. The zero-order chi connectivity index (χ0) is 15.7. The van der Waals surface area contributed by atoms with Crippen LogP contribution in [0.2, 0.25) is 0 Å². The van der Waals surface area contributed by atoms with Crippen LogP contribution in [-0.2, 0) is 0 Å². The van der Waals surface area contributed by atoms with Gasteiger partial charge in [0.2, 0.25) is 0 Å². The summed E-state index contributed by atoms with van der Waals surface area (Å²) < 4.78 is 13.1.